The molecule has 2 aliphatic heterocycles. The van der Waals surface area contributed by atoms with Gasteiger partial charge in [-0.3, -0.25) is 0 Å². The van der Waals surface area contributed by atoms with Crippen LogP contribution in [0.25, 0.3) is 0 Å². The summed E-state index contributed by atoms with van der Waals surface area (Å²) in [6, 6.07) is 0.0783. The number of hydrogen-bond acceptors (Lipinski definition) is 3. The summed E-state index contributed by atoms with van der Waals surface area (Å²) >= 11 is 6.30. The van der Waals surface area contributed by atoms with Crippen LogP contribution in [0.4, 0.5) is 4.79 Å². The van der Waals surface area contributed by atoms with Crippen LogP contribution in [0.1, 0.15) is 40.5 Å². The second-order valence-corrected chi connectivity index (χ2v) is 5.25. The number of hydrogen-bond donors (Lipinski definition) is 1. The second-order valence-electron chi connectivity index (χ2n) is 4.89. The first-order valence-electron chi connectivity index (χ1n) is 7.85. The average Bonchev–Trinajstić information content (AvgIpc) is 2.68. The van der Waals surface area contributed by atoms with E-state index in [-0.39, 0.29) is 12.1 Å². The SMILES string of the molecule is CC.CC.CN1CCCC2NN(C(=O)N(C)C)C(Cl)=C2C1. The molecular weight excluding hydrogens is 288 g/mol. The fraction of sp³-hybridized carbons (Fsp3) is 0.800. The fourth-order valence-corrected chi connectivity index (χ4v) is 2.58. The van der Waals surface area contributed by atoms with Crippen LogP contribution in [-0.4, -0.2) is 61.1 Å². The number of rotatable bonds is 0. The van der Waals surface area contributed by atoms with Crippen LogP contribution >= 0.6 is 11.6 Å². The summed E-state index contributed by atoms with van der Waals surface area (Å²) in [6.45, 7) is 9.90. The van der Waals surface area contributed by atoms with E-state index in [2.05, 4.69) is 17.4 Å². The minimum Gasteiger partial charge on any atom is -0.329 e. The molecule has 6 heteroatoms. The third-order valence-corrected chi connectivity index (χ3v) is 3.63. The number of nitrogens with zero attached hydrogens (tertiary/aromatic N) is 3. The summed E-state index contributed by atoms with van der Waals surface area (Å²) in [5.74, 6) is 0. The zero-order valence-electron chi connectivity index (χ0n) is 14.5. The summed E-state index contributed by atoms with van der Waals surface area (Å²) in [6.07, 6.45) is 2.14. The van der Waals surface area contributed by atoms with E-state index in [0.29, 0.717) is 5.16 Å². The highest BCUT2D eigenvalue weighted by molar-refractivity contribution is 6.30. The Morgan fingerprint density at radius 1 is 1.29 bits per heavy atom. The molecule has 2 aliphatic rings. The number of hydrazine groups is 1. The Morgan fingerprint density at radius 3 is 2.38 bits per heavy atom. The number of urea groups is 1. The van der Waals surface area contributed by atoms with Crippen molar-refractivity contribution in [3.8, 4) is 0 Å². The average molecular weight is 319 g/mol. The predicted octanol–water partition coefficient (Wildman–Crippen LogP) is 3.09. The minimum atomic E-state index is -0.127. The van der Waals surface area contributed by atoms with E-state index in [1.807, 2.05) is 27.7 Å². The molecule has 0 spiro atoms. The van der Waals surface area contributed by atoms with Crippen LogP contribution in [0.15, 0.2) is 10.7 Å². The molecule has 1 fully saturated rings. The van der Waals surface area contributed by atoms with E-state index in [1.165, 1.54) is 9.91 Å². The lowest BCUT2D eigenvalue weighted by Gasteiger charge is -2.22. The Labute approximate surface area is 134 Å². The molecule has 0 radical (unpaired) electrons. The lowest BCUT2D eigenvalue weighted by atomic mass is 10.1. The van der Waals surface area contributed by atoms with Crippen LogP contribution < -0.4 is 5.43 Å². The highest BCUT2D eigenvalue weighted by Crippen LogP contribution is 2.29. The third kappa shape index (κ3) is 5.16. The van der Waals surface area contributed by atoms with E-state index in [1.54, 1.807) is 14.1 Å². The summed E-state index contributed by atoms with van der Waals surface area (Å²) in [4.78, 5) is 15.7. The number of halogens is 1. The number of carbonyl (C=O) groups is 1. The maximum Gasteiger partial charge on any atom is 0.339 e. The highest BCUT2D eigenvalue weighted by Gasteiger charge is 2.35. The molecule has 1 unspecified atom stereocenters. The monoisotopic (exact) mass is 318 g/mol. The molecule has 21 heavy (non-hydrogen) atoms. The van der Waals surface area contributed by atoms with Gasteiger partial charge in [0.15, 0.2) is 0 Å². The lowest BCUT2D eigenvalue weighted by Crippen LogP contribution is -2.45. The molecule has 0 aromatic rings. The van der Waals surface area contributed by atoms with Crippen molar-refractivity contribution in [2.75, 3.05) is 34.2 Å². The van der Waals surface area contributed by atoms with Crippen LogP contribution in [0.2, 0.25) is 0 Å². The zero-order chi connectivity index (χ0) is 16.6. The Kier molecular flexibility index (Phi) is 9.66. The molecule has 0 aliphatic carbocycles. The van der Waals surface area contributed by atoms with Gasteiger partial charge in [-0.15, -0.1) is 0 Å². The number of amides is 2. The Morgan fingerprint density at radius 2 is 1.86 bits per heavy atom. The van der Waals surface area contributed by atoms with E-state index in [4.69, 9.17) is 11.6 Å². The molecule has 5 nitrogen and oxygen atoms in total. The second kappa shape index (κ2) is 10.0. The van der Waals surface area contributed by atoms with Crippen molar-refractivity contribution in [2.24, 2.45) is 0 Å². The van der Waals surface area contributed by atoms with E-state index in [9.17, 15) is 4.79 Å². The normalized spacial score (nSPS) is 21.5. The molecule has 1 atom stereocenters. The summed E-state index contributed by atoms with van der Waals surface area (Å²) in [5.41, 5.74) is 4.32. The van der Waals surface area contributed by atoms with Gasteiger partial charge in [0.05, 0.1) is 6.04 Å². The van der Waals surface area contributed by atoms with Crippen LogP contribution in [0.3, 0.4) is 0 Å². The van der Waals surface area contributed by atoms with Gasteiger partial charge < -0.3 is 9.80 Å². The third-order valence-electron chi connectivity index (χ3n) is 3.21. The Bertz CT molecular complexity index is 358. The first-order valence-corrected chi connectivity index (χ1v) is 8.23. The smallest absolute Gasteiger partial charge is 0.329 e. The van der Waals surface area contributed by atoms with Gasteiger partial charge >= 0.3 is 6.03 Å². The predicted molar refractivity (Wildman–Crippen MR) is 90.2 cm³/mol. The first-order chi connectivity index (χ1) is 10.0. The van der Waals surface area contributed by atoms with Gasteiger partial charge in [0.1, 0.15) is 5.16 Å². The van der Waals surface area contributed by atoms with Gasteiger partial charge in [0.2, 0.25) is 0 Å². The lowest BCUT2D eigenvalue weighted by molar-refractivity contribution is 0.169. The van der Waals surface area contributed by atoms with Crippen molar-refractivity contribution in [2.45, 2.75) is 46.6 Å². The molecule has 1 N–H and O–H groups in total. The molecule has 1 saturated heterocycles. The van der Waals surface area contributed by atoms with Gasteiger partial charge in [0.25, 0.3) is 0 Å². The van der Waals surface area contributed by atoms with Crippen LogP contribution in [-0.2, 0) is 0 Å². The van der Waals surface area contributed by atoms with Gasteiger partial charge in [-0.2, -0.15) is 0 Å². The molecule has 0 saturated carbocycles. The largest absolute Gasteiger partial charge is 0.339 e. The standard InChI is InChI=1S/C11H19ClN4O.2C2H6/c1-14(2)11(17)16-10(12)8-7-15(3)6-4-5-9(8)13-16;2*1-2/h9,13H,4-7H2,1-3H3;2*1-2H3. The molecule has 0 aromatic carbocycles. The maximum atomic E-state index is 11.9. The number of fused-ring (bicyclic) bond motifs is 1. The van der Waals surface area contributed by atoms with Crippen molar-refractivity contribution < 1.29 is 4.79 Å². The van der Waals surface area contributed by atoms with Crippen molar-refractivity contribution in [1.29, 1.82) is 0 Å². The molecule has 2 heterocycles. The summed E-state index contributed by atoms with van der Waals surface area (Å²) < 4.78 is 0. The van der Waals surface area contributed by atoms with Gasteiger partial charge in [-0.1, -0.05) is 39.3 Å². The summed E-state index contributed by atoms with van der Waals surface area (Å²) in [7, 11) is 5.52. The fourth-order valence-electron chi connectivity index (χ4n) is 2.27. The molecule has 2 amide bonds. The molecule has 2 rings (SSSR count). The Hall–Kier alpha value is -0.780. The van der Waals surface area contributed by atoms with E-state index < -0.39 is 0 Å². The Balaban J connectivity index is 0.000000921. The van der Waals surface area contributed by atoms with Crippen LogP contribution in [0.5, 0.6) is 0 Å². The minimum absolute atomic E-state index is 0.127. The van der Waals surface area contributed by atoms with Crippen LogP contribution in [0, 0.1) is 0 Å². The molecule has 0 aromatic heterocycles. The summed E-state index contributed by atoms with van der Waals surface area (Å²) in [5, 5.41) is 2.00. The van der Waals surface area contributed by atoms with Crippen molar-refractivity contribution in [3.63, 3.8) is 0 Å². The molecular formula is C15H31ClN4O. The van der Waals surface area contributed by atoms with E-state index >= 15 is 0 Å². The number of nitrogens with one attached hydrogen (secondary N) is 1. The molecule has 124 valence electrons. The zero-order valence-corrected chi connectivity index (χ0v) is 15.3. The van der Waals surface area contributed by atoms with Crippen molar-refractivity contribution in [1.82, 2.24) is 20.2 Å². The molecule has 0 bridgehead atoms. The van der Waals surface area contributed by atoms with Crippen molar-refractivity contribution >= 4 is 17.6 Å². The number of carbonyl (C=O) groups excluding carboxylic acids is 1. The van der Waals surface area contributed by atoms with Gasteiger partial charge in [0, 0.05) is 20.6 Å². The number of likely N-dealkylation sites (N-methyl/N-ethyl adjacent to an activating group) is 1. The van der Waals surface area contributed by atoms with Gasteiger partial charge in [-0.25, -0.2) is 15.2 Å². The topological polar surface area (TPSA) is 38.8 Å². The quantitative estimate of drug-likeness (QED) is 0.698. The van der Waals surface area contributed by atoms with Gasteiger partial charge in [-0.05, 0) is 32.0 Å². The van der Waals surface area contributed by atoms with Crippen molar-refractivity contribution in [3.05, 3.63) is 10.7 Å². The number of likely N-dealkylation sites (tertiary alicyclic amines) is 1. The van der Waals surface area contributed by atoms with E-state index in [0.717, 1.165) is 31.5 Å². The first kappa shape index (κ1) is 20.2. The maximum absolute atomic E-state index is 11.9. The highest BCUT2D eigenvalue weighted by atomic mass is 35.5.